The van der Waals surface area contributed by atoms with Crippen molar-refractivity contribution in [2.24, 2.45) is 0 Å². The van der Waals surface area contributed by atoms with E-state index >= 15 is 0 Å². The maximum atomic E-state index is 13.0. The van der Waals surface area contributed by atoms with Crippen molar-refractivity contribution >= 4 is 11.4 Å². The van der Waals surface area contributed by atoms with Crippen LogP contribution in [0.2, 0.25) is 0 Å². The van der Waals surface area contributed by atoms with Crippen LogP contribution in [0.5, 0.6) is 5.75 Å². The van der Waals surface area contributed by atoms with Crippen LogP contribution in [0.1, 0.15) is 5.56 Å². The normalized spacial score (nSPS) is 11.8. The molecule has 0 radical (unpaired) electrons. The Hall–Kier alpha value is -3.24. The van der Waals surface area contributed by atoms with Crippen LogP contribution in [-0.2, 0) is 6.18 Å². The van der Waals surface area contributed by atoms with Gasteiger partial charge in [-0.05, 0) is 28.6 Å². The molecule has 3 N–H and O–H groups in total. The molecule has 0 saturated carbocycles. The lowest BCUT2D eigenvalue weighted by Crippen LogP contribution is -2.32. The molecule has 23 heavy (non-hydrogen) atoms. The van der Waals surface area contributed by atoms with Gasteiger partial charge < -0.3 is 10.4 Å². The number of hydrogen-bond acceptors (Lipinski definition) is 7. The number of nitrogens with one attached hydrogen (secondary N) is 2. The van der Waals surface area contributed by atoms with Crippen molar-refractivity contribution in [1.82, 2.24) is 20.6 Å². The molecule has 0 spiro atoms. The fourth-order valence-corrected chi connectivity index (χ4v) is 1.92. The van der Waals surface area contributed by atoms with Gasteiger partial charge in [0.2, 0.25) is 0 Å². The number of nitrogens with zero attached hydrogens (tertiary/aromatic N) is 3. The molecule has 0 fully saturated rings. The molecule has 1 heterocycles. The number of benzene rings is 1. The Bertz CT molecular complexity index is 942. The van der Waals surface area contributed by atoms with Crippen molar-refractivity contribution < 1.29 is 18.3 Å². The van der Waals surface area contributed by atoms with Gasteiger partial charge in [0.1, 0.15) is 5.69 Å². The van der Waals surface area contributed by atoms with Gasteiger partial charge in [-0.15, -0.1) is 5.10 Å². The number of aromatic hydroxyl groups is 1. The summed E-state index contributed by atoms with van der Waals surface area (Å²) in [6.45, 7) is 0. The third-order valence-electron chi connectivity index (χ3n) is 3.03. The summed E-state index contributed by atoms with van der Waals surface area (Å²) in [7, 11) is 0. The number of H-pyrrole nitrogens is 1. The fourth-order valence-electron chi connectivity index (χ4n) is 1.92. The molecule has 0 aliphatic carbocycles. The van der Waals surface area contributed by atoms with E-state index in [0.29, 0.717) is 0 Å². The van der Waals surface area contributed by atoms with Crippen molar-refractivity contribution in [2.45, 2.75) is 6.18 Å². The van der Waals surface area contributed by atoms with Gasteiger partial charge in [-0.3, -0.25) is 9.59 Å². The lowest BCUT2D eigenvalue weighted by atomic mass is 10.1. The van der Waals surface area contributed by atoms with Gasteiger partial charge in [-0.25, -0.2) is 5.10 Å². The maximum absolute atomic E-state index is 13.0. The number of anilines is 2. The Morgan fingerprint density at radius 1 is 1.13 bits per heavy atom. The summed E-state index contributed by atoms with van der Waals surface area (Å²) in [6, 6.07) is 2.77. The first kappa shape index (κ1) is 14.7. The highest BCUT2D eigenvalue weighted by Crippen LogP contribution is 2.35. The van der Waals surface area contributed by atoms with Crippen LogP contribution in [0.4, 0.5) is 24.5 Å². The van der Waals surface area contributed by atoms with E-state index in [1.165, 1.54) is 6.07 Å². The van der Waals surface area contributed by atoms with E-state index in [4.69, 9.17) is 0 Å². The summed E-state index contributed by atoms with van der Waals surface area (Å²) >= 11 is 0. The number of aromatic amines is 1. The molecule has 0 saturated heterocycles. The Morgan fingerprint density at radius 3 is 2.43 bits per heavy atom. The summed E-state index contributed by atoms with van der Waals surface area (Å²) in [5.41, 5.74) is -3.75. The summed E-state index contributed by atoms with van der Waals surface area (Å²) in [5, 5.41) is 23.9. The molecular weight excluding hydrogens is 319 g/mol. The molecule has 8 nitrogen and oxygen atoms in total. The molecule has 0 aliphatic heterocycles. The van der Waals surface area contributed by atoms with Gasteiger partial charge in [0.15, 0.2) is 11.6 Å². The topological polar surface area (TPSA) is 121 Å². The summed E-state index contributed by atoms with van der Waals surface area (Å²) < 4.78 is 38.9. The van der Waals surface area contributed by atoms with E-state index in [0.717, 1.165) is 12.1 Å². The highest BCUT2D eigenvalue weighted by Gasteiger charge is 2.32. The monoisotopic (exact) mass is 325 g/mol. The molecular formula is C12H6F3N5O3. The number of halogens is 3. The van der Waals surface area contributed by atoms with E-state index in [1.54, 1.807) is 0 Å². The van der Waals surface area contributed by atoms with Gasteiger partial charge in [0.05, 0.1) is 5.56 Å². The van der Waals surface area contributed by atoms with Crippen molar-refractivity contribution in [3.8, 4) is 17.1 Å². The summed E-state index contributed by atoms with van der Waals surface area (Å²) in [6.07, 6.45) is -4.66. The van der Waals surface area contributed by atoms with Crippen molar-refractivity contribution in [3.05, 3.63) is 44.2 Å². The highest BCUT2D eigenvalue weighted by atomic mass is 19.4. The molecule has 0 atom stereocenters. The minimum absolute atomic E-state index is 0.00511. The standard InChI is InChI=1S/C12H6F3N5O3/c13-12(14,15)5-1-4(11-17-19-20-18-11)2-6(3-5)16-7-8(21)10(23)9(7)22/h1-3,16,21H,(H,17,18,19,20). The van der Waals surface area contributed by atoms with E-state index in [9.17, 15) is 27.9 Å². The summed E-state index contributed by atoms with van der Waals surface area (Å²) in [5.74, 6) is -0.844. The fraction of sp³-hybridized carbons (Fsp3) is 0.0833. The minimum atomic E-state index is -4.66. The molecule has 3 rings (SSSR count). The lowest BCUT2D eigenvalue weighted by molar-refractivity contribution is -0.137. The van der Waals surface area contributed by atoms with Gasteiger partial charge in [0.25, 0.3) is 10.9 Å². The van der Waals surface area contributed by atoms with Gasteiger partial charge in [0, 0.05) is 11.3 Å². The number of rotatable bonds is 3. The zero-order valence-corrected chi connectivity index (χ0v) is 11.0. The number of hydrogen-bond donors (Lipinski definition) is 3. The van der Waals surface area contributed by atoms with Crippen LogP contribution in [0.15, 0.2) is 27.8 Å². The molecule has 1 aromatic heterocycles. The maximum Gasteiger partial charge on any atom is 0.416 e. The van der Waals surface area contributed by atoms with Crippen molar-refractivity contribution in [1.29, 1.82) is 0 Å². The average molecular weight is 325 g/mol. The second-order valence-corrected chi connectivity index (χ2v) is 4.55. The zero-order chi connectivity index (χ0) is 16.8. The molecule has 0 bridgehead atoms. The Balaban J connectivity index is 2.08. The van der Waals surface area contributed by atoms with Crippen molar-refractivity contribution in [3.63, 3.8) is 0 Å². The van der Waals surface area contributed by atoms with Gasteiger partial charge in [-0.1, -0.05) is 0 Å². The van der Waals surface area contributed by atoms with Gasteiger partial charge in [-0.2, -0.15) is 13.2 Å². The molecule has 2 aromatic carbocycles. The second-order valence-electron chi connectivity index (χ2n) is 4.55. The summed E-state index contributed by atoms with van der Waals surface area (Å²) in [4.78, 5) is 22.2. The Kier molecular flexibility index (Phi) is 3.13. The highest BCUT2D eigenvalue weighted by molar-refractivity contribution is 5.73. The van der Waals surface area contributed by atoms with Crippen LogP contribution in [0.3, 0.4) is 0 Å². The smallest absolute Gasteiger partial charge is 0.416 e. The van der Waals surface area contributed by atoms with Crippen LogP contribution in [0.25, 0.3) is 11.4 Å². The van der Waals surface area contributed by atoms with Crippen molar-refractivity contribution in [2.75, 3.05) is 5.32 Å². The molecule has 3 aromatic rings. The third-order valence-corrected chi connectivity index (χ3v) is 3.03. The zero-order valence-electron chi connectivity index (χ0n) is 11.0. The Morgan fingerprint density at radius 2 is 1.87 bits per heavy atom. The second kappa shape index (κ2) is 4.90. The molecule has 118 valence electrons. The van der Waals surface area contributed by atoms with E-state index in [-0.39, 0.29) is 17.1 Å². The minimum Gasteiger partial charge on any atom is -0.502 e. The predicted molar refractivity (Wildman–Crippen MR) is 70.9 cm³/mol. The van der Waals surface area contributed by atoms with Gasteiger partial charge >= 0.3 is 6.18 Å². The predicted octanol–water partition coefficient (Wildman–Crippen LogP) is 0.931. The van der Waals surface area contributed by atoms with Crippen LogP contribution < -0.4 is 16.2 Å². The molecule has 0 unspecified atom stereocenters. The third kappa shape index (κ3) is 2.52. The first-order valence-electron chi connectivity index (χ1n) is 6.03. The molecule has 11 heteroatoms. The van der Waals surface area contributed by atoms with E-state index in [2.05, 4.69) is 25.9 Å². The van der Waals surface area contributed by atoms with Crippen LogP contribution >= 0.6 is 0 Å². The molecule has 0 amide bonds. The van der Waals surface area contributed by atoms with Crippen LogP contribution in [-0.4, -0.2) is 25.7 Å². The average Bonchev–Trinajstić information content (AvgIpc) is 3.05. The number of alkyl halides is 3. The van der Waals surface area contributed by atoms with E-state index < -0.39 is 34.0 Å². The SMILES string of the molecule is O=c1c(O)c(Nc2cc(-c3nnn[nH]3)cc(C(F)(F)F)c2)c1=O. The number of tetrazole rings is 1. The van der Waals surface area contributed by atoms with E-state index in [1.807, 2.05) is 0 Å². The first-order chi connectivity index (χ1) is 10.8. The first-order valence-corrected chi connectivity index (χ1v) is 6.03. The largest absolute Gasteiger partial charge is 0.502 e. The lowest BCUT2D eigenvalue weighted by Gasteiger charge is -2.13. The quantitative estimate of drug-likeness (QED) is 0.613. The van der Waals surface area contributed by atoms with Crippen LogP contribution in [0, 0.1) is 0 Å². The Labute approximate surface area is 124 Å². The molecule has 0 aliphatic rings. The number of aromatic nitrogens is 4.